The van der Waals surface area contributed by atoms with Crippen LogP contribution in [-0.2, 0) is 4.79 Å². The van der Waals surface area contributed by atoms with Gasteiger partial charge in [0.05, 0.1) is 0 Å². The Morgan fingerprint density at radius 1 is 1.50 bits per heavy atom. The molecule has 3 nitrogen and oxygen atoms in total. The van der Waals surface area contributed by atoms with Crippen molar-refractivity contribution in [3.8, 4) is 0 Å². The van der Waals surface area contributed by atoms with Crippen molar-refractivity contribution in [3.63, 3.8) is 0 Å². The summed E-state index contributed by atoms with van der Waals surface area (Å²) in [5.74, 6) is 1.04. The van der Waals surface area contributed by atoms with Crippen molar-refractivity contribution < 1.29 is 4.79 Å². The molecule has 3 unspecified atom stereocenters. The third-order valence-corrected chi connectivity index (χ3v) is 3.65. The fourth-order valence-electron chi connectivity index (χ4n) is 2.46. The normalized spacial score (nSPS) is 27.4. The highest BCUT2D eigenvalue weighted by molar-refractivity contribution is 5.78. The Hall–Kier alpha value is -0.570. The third kappa shape index (κ3) is 3.78. The first kappa shape index (κ1) is 13.5. The average Bonchev–Trinajstić information content (AvgIpc) is 2.30. The second kappa shape index (κ2) is 6.89. The summed E-state index contributed by atoms with van der Waals surface area (Å²) in [6, 6.07) is 0.338. The molecule has 3 atom stereocenters. The maximum Gasteiger partial charge on any atom is 0.223 e. The first-order valence-corrected chi connectivity index (χ1v) is 6.70. The molecule has 1 fully saturated rings. The number of piperidine rings is 1. The predicted molar refractivity (Wildman–Crippen MR) is 67.3 cm³/mol. The molecule has 3 heteroatoms. The van der Waals surface area contributed by atoms with Crippen LogP contribution in [0, 0.1) is 11.8 Å². The summed E-state index contributed by atoms with van der Waals surface area (Å²) < 4.78 is 0. The summed E-state index contributed by atoms with van der Waals surface area (Å²) in [7, 11) is 0. The predicted octanol–water partition coefficient (Wildman–Crippen LogP) is 1.93. The fraction of sp³-hybridized carbons (Fsp3) is 0.923. The van der Waals surface area contributed by atoms with E-state index in [1.54, 1.807) is 0 Å². The maximum absolute atomic E-state index is 11.9. The molecule has 1 aliphatic heterocycles. The van der Waals surface area contributed by atoms with Gasteiger partial charge in [-0.25, -0.2) is 0 Å². The SMILES string of the molecule is CCCC(C)C(=O)NC1CNCCC1CC. The van der Waals surface area contributed by atoms with Crippen LogP contribution in [0.2, 0.25) is 0 Å². The summed E-state index contributed by atoms with van der Waals surface area (Å²) in [6.07, 6.45) is 4.41. The molecule has 1 amide bonds. The summed E-state index contributed by atoms with van der Waals surface area (Å²) in [4.78, 5) is 11.9. The lowest BCUT2D eigenvalue weighted by Gasteiger charge is -2.32. The van der Waals surface area contributed by atoms with Gasteiger partial charge in [-0.05, 0) is 25.3 Å². The van der Waals surface area contributed by atoms with Crippen LogP contribution in [0.5, 0.6) is 0 Å². The number of carbonyl (C=O) groups is 1. The van der Waals surface area contributed by atoms with Crippen LogP contribution in [0.1, 0.15) is 46.5 Å². The van der Waals surface area contributed by atoms with E-state index in [9.17, 15) is 4.79 Å². The molecule has 1 aliphatic rings. The minimum atomic E-state index is 0.157. The fourth-order valence-corrected chi connectivity index (χ4v) is 2.46. The minimum Gasteiger partial charge on any atom is -0.352 e. The largest absolute Gasteiger partial charge is 0.352 e. The summed E-state index contributed by atoms with van der Waals surface area (Å²) in [6.45, 7) is 8.39. The van der Waals surface area contributed by atoms with E-state index >= 15 is 0 Å². The van der Waals surface area contributed by atoms with Crippen molar-refractivity contribution >= 4 is 5.91 Å². The first-order chi connectivity index (χ1) is 7.69. The third-order valence-electron chi connectivity index (χ3n) is 3.65. The smallest absolute Gasteiger partial charge is 0.223 e. The van der Waals surface area contributed by atoms with Crippen LogP contribution in [0.3, 0.4) is 0 Å². The molecular weight excluding hydrogens is 200 g/mol. The minimum absolute atomic E-state index is 0.157. The van der Waals surface area contributed by atoms with E-state index in [4.69, 9.17) is 0 Å². The van der Waals surface area contributed by atoms with E-state index < -0.39 is 0 Å². The molecule has 0 bridgehead atoms. The quantitative estimate of drug-likeness (QED) is 0.752. The molecule has 0 spiro atoms. The lowest BCUT2D eigenvalue weighted by atomic mass is 9.90. The molecule has 0 radical (unpaired) electrons. The first-order valence-electron chi connectivity index (χ1n) is 6.70. The van der Waals surface area contributed by atoms with Gasteiger partial charge in [0.1, 0.15) is 0 Å². The molecule has 2 N–H and O–H groups in total. The van der Waals surface area contributed by atoms with Crippen molar-refractivity contribution in [1.29, 1.82) is 0 Å². The number of rotatable bonds is 5. The zero-order valence-corrected chi connectivity index (χ0v) is 10.9. The number of amides is 1. The van der Waals surface area contributed by atoms with Crippen LogP contribution in [0.4, 0.5) is 0 Å². The highest BCUT2D eigenvalue weighted by Gasteiger charge is 2.26. The van der Waals surface area contributed by atoms with E-state index in [2.05, 4.69) is 24.5 Å². The van der Waals surface area contributed by atoms with Gasteiger partial charge in [0.15, 0.2) is 0 Å². The van der Waals surface area contributed by atoms with Gasteiger partial charge in [0.2, 0.25) is 5.91 Å². The van der Waals surface area contributed by atoms with Gasteiger partial charge >= 0.3 is 0 Å². The number of nitrogens with one attached hydrogen (secondary N) is 2. The molecule has 1 saturated heterocycles. The Morgan fingerprint density at radius 3 is 2.88 bits per heavy atom. The summed E-state index contributed by atoms with van der Waals surface area (Å²) in [5, 5.41) is 6.56. The second-order valence-corrected chi connectivity index (χ2v) is 4.97. The van der Waals surface area contributed by atoms with Crippen molar-refractivity contribution in [3.05, 3.63) is 0 Å². The Bertz CT molecular complexity index is 218. The molecule has 0 aromatic rings. The maximum atomic E-state index is 11.9. The average molecular weight is 226 g/mol. The van der Waals surface area contributed by atoms with E-state index in [-0.39, 0.29) is 11.8 Å². The summed E-state index contributed by atoms with van der Waals surface area (Å²) >= 11 is 0. The van der Waals surface area contributed by atoms with Crippen molar-refractivity contribution in [1.82, 2.24) is 10.6 Å². The van der Waals surface area contributed by atoms with Crippen LogP contribution < -0.4 is 10.6 Å². The second-order valence-electron chi connectivity index (χ2n) is 4.97. The van der Waals surface area contributed by atoms with Gasteiger partial charge in [-0.1, -0.05) is 33.6 Å². The van der Waals surface area contributed by atoms with Gasteiger partial charge in [0, 0.05) is 18.5 Å². The molecule has 16 heavy (non-hydrogen) atoms. The van der Waals surface area contributed by atoms with Crippen molar-refractivity contribution in [2.24, 2.45) is 11.8 Å². The number of hydrogen-bond acceptors (Lipinski definition) is 2. The standard InChI is InChI=1S/C13H26N2O/c1-4-6-10(3)13(16)15-12-9-14-8-7-11(12)5-2/h10-12,14H,4-9H2,1-3H3,(H,15,16). The highest BCUT2D eigenvalue weighted by atomic mass is 16.1. The van der Waals surface area contributed by atoms with E-state index in [0.29, 0.717) is 12.0 Å². The van der Waals surface area contributed by atoms with Gasteiger partial charge in [-0.15, -0.1) is 0 Å². The molecule has 94 valence electrons. The Kier molecular flexibility index (Phi) is 5.81. The summed E-state index contributed by atoms with van der Waals surface area (Å²) in [5.41, 5.74) is 0. The zero-order valence-electron chi connectivity index (χ0n) is 10.9. The van der Waals surface area contributed by atoms with Gasteiger partial charge < -0.3 is 10.6 Å². The zero-order chi connectivity index (χ0) is 12.0. The van der Waals surface area contributed by atoms with E-state index in [1.165, 1.54) is 6.42 Å². The van der Waals surface area contributed by atoms with Crippen LogP contribution in [-0.4, -0.2) is 25.0 Å². The van der Waals surface area contributed by atoms with Gasteiger partial charge in [-0.2, -0.15) is 0 Å². The number of carbonyl (C=O) groups excluding carboxylic acids is 1. The van der Waals surface area contributed by atoms with Gasteiger partial charge in [0.25, 0.3) is 0 Å². The molecule has 1 heterocycles. The van der Waals surface area contributed by atoms with Gasteiger partial charge in [-0.3, -0.25) is 4.79 Å². The molecule has 0 aliphatic carbocycles. The van der Waals surface area contributed by atoms with Crippen molar-refractivity contribution in [2.75, 3.05) is 13.1 Å². The topological polar surface area (TPSA) is 41.1 Å². The van der Waals surface area contributed by atoms with E-state index in [0.717, 1.165) is 32.4 Å². The molecule has 0 aromatic carbocycles. The van der Waals surface area contributed by atoms with Crippen molar-refractivity contribution in [2.45, 2.75) is 52.5 Å². The highest BCUT2D eigenvalue weighted by Crippen LogP contribution is 2.17. The Labute approximate surface area is 99.4 Å². The molecular formula is C13H26N2O. The monoisotopic (exact) mass is 226 g/mol. The molecule has 0 saturated carbocycles. The van der Waals surface area contributed by atoms with Crippen LogP contribution in [0.15, 0.2) is 0 Å². The Balaban J connectivity index is 2.41. The molecule has 1 rings (SSSR count). The lowest BCUT2D eigenvalue weighted by Crippen LogP contribution is -2.52. The van der Waals surface area contributed by atoms with Crippen LogP contribution in [0.25, 0.3) is 0 Å². The molecule has 0 aromatic heterocycles. The number of hydrogen-bond donors (Lipinski definition) is 2. The lowest BCUT2D eigenvalue weighted by molar-refractivity contribution is -0.125. The Morgan fingerprint density at radius 2 is 2.25 bits per heavy atom. The van der Waals surface area contributed by atoms with E-state index in [1.807, 2.05) is 6.92 Å². The van der Waals surface area contributed by atoms with Crippen LogP contribution >= 0.6 is 0 Å².